The van der Waals surface area contributed by atoms with Crippen LogP contribution in [0.1, 0.15) is 10.6 Å². The fourth-order valence-electron chi connectivity index (χ4n) is 3.50. The summed E-state index contributed by atoms with van der Waals surface area (Å²) in [5, 5.41) is 9.12. The summed E-state index contributed by atoms with van der Waals surface area (Å²) in [5.41, 5.74) is 2.17. The Morgan fingerprint density at radius 3 is 2.84 bits per heavy atom. The Bertz CT molecular complexity index is 1260. The van der Waals surface area contributed by atoms with Gasteiger partial charge in [0.05, 0.1) is 51.0 Å². The Labute approximate surface area is 189 Å². The Morgan fingerprint density at radius 1 is 1.19 bits per heavy atom. The number of benzene rings is 1. The van der Waals surface area contributed by atoms with Gasteiger partial charge in [-0.1, -0.05) is 12.1 Å². The van der Waals surface area contributed by atoms with Crippen molar-refractivity contribution in [3.63, 3.8) is 0 Å². The summed E-state index contributed by atoms with van der Waals surface area (Å²) in [6, 6.07) is 7.63. The summed E-state index contributed by atoms with van der Waals surface area (Å²) >= 11 is 1.53. The van der Waals surface area contributed by atoms with E-state index < -0.39 is 0 Å². The van der Waals surface area contributed by atoms with E-state index in [0.29, 0.717) is 38.5 Å². The number of aryl methyl sites for hydroxylation is 1. The van der Waals surface area contributed by atoms with Crippen LogP contribution >= 0.6 is 11.3 Å². The minimum absolute atomic E-state index is 0.144. The molecule has 0 aliphatic rings. The van der Waals surface area contributed by atoms with Gasteiger partial charge in [0.2, 0.25) is 0 Å². The fourth-order valence-corrected chi connectivity index (χ4v) is 4.55. The van der Waals surface area contributed by atoms with Crippen LogP contribution in [0.2, 0.25) is 0 Å². The Balaban J connectivity index is 1.51. The number of ether oxygens (including phenoxy) is 3. The third kappa shape index (κ3) is 4.68. The summed E-state index contributed by atoms with van der Waals surface area (Å²) < 4.78 is 20.7. The maximum atomic E-state index is 13.2. The molecular weight excluding hydrogens is 430 g/mol. The first-order chi connectivity index (χ1) is 15.6. The number of likely N-dealkylation sites (N-methyl/N-ethyl adjacent to an activating group) is 1. The van der Waals surface area contributed by atoms with Crippen LogP contribution in [0.15, 0.2) is 35.3 Å². The summed E-state index contributed by atoms with van der Waals surface area (Å²) in [6.45, 7) is 3.32. The van der Waals surface area contributed by atoms with E-state index in [4.69, 9.17) is 14.2 Å². The Kier molecular flexibility index (Phi) is 7.15. The smallest absolute Gasteiger partial charge is 0.291 e. The van der Waals surface area contributed by atoms with Gasteiger partial charge >= 0.3 is 0 Å². The average Bonchev–Trinajstić information content (AvgIpc) is 3.33. The number of nitrogens with one attached hydrogen (secondary N) is 1. The van der Waals surface area contributed by atoms with Crippen molar-refractivity contribution >= 4 is 32.6 Å². The minimum atomic E-state index is -0.144. The topological polar surface area (TPSA) is 92.4 Å². The first kappa shape index (κ1) is 22.4. The highest BCUT2D eigenvalue weighted by Gasteiger charge is 2.18. The van der Waals surface area contributed by atoms with Crippen LogP contribution in [0, 0.1) is 0 Å². The summed E-state index contributed by atoms with van der Waals surface area (Å²) in [6.07, 6.45) is 1.75. The maximum Gasteiger partial charge on any atom is 0.291 e. The number of methoxy groups -OCH3 is 1. The second-order valence-corrected chi connectivity index (χ2v) is 8.39. The van der Waals surface area contributed by atoms with Crippen LogP contribution in [-0.2, 0) is 29.7 Å². The normalized spacial score (nSPS) is 11.6. The molecular formula is C22H27N5O4S. The van der Waals surface area contributed by atoms with E-state index in [-0.39, 0.29) is 5.56 Å². The minimum Gasteiger partial charge on any atom is -0.497 e. The Hall–Kier alpha value is -2.79. The molecule has 0 bridgehead atoms. The van der Waals surface area contributed by atoms with Crippen molar-refractivity contribution in [1.82, 2.24) is 24.6 Å². The highest BCUT2D eigenvalue weighted by Crippen LogP contribution is 2.31. The standard InChI is InChI=1S/C22H27N5O4S/c1-23-7-8-30-9-10-31-14-18-25-21-20(32-18)17-12-24-27(22(28)19(17)26(21)2)13-15-5-4-6-16(11-15)29-3/h4-6,11-12,23H,7-10,13-14H2,1-3H3. The molecule has 0 aliphatic heterocycles. The monoisotopic (exact) mass is 457 g/mol. The zero-order chi connectivity index (χ0) is 22.5. The zero-order valence-electron chi connectivity index (χ0n) is 18.5. The number of rotatable bonds is 11. The number of nitrogens with zero attached hydrogens (tertiary/aromatic N) is 4. The van der Waals surface area contributed by atoms with Crippen LogP contribution in [0.5, 0.6) is 5.75 Å². The molecule has 0 saturated heterocycles. The van der Waals surface area contributed by atoms with Crippen molar-refractivity contribution in [2.45, 2.75) is 13.2 Å². The van der Waals surface area contributed by atoms with Crippen molar-refractivity contribution in [1.29, 1.82) is 0 Å². The summed E-state index contributed by atoms with van der Waals surface area (Å²) in [5.74, 6) is 0.750. The molecule has 0 atom stereocenters. The highest BCUT2D eigenvalue weighted by atomic mass is 32.1. The SMILES string of the molecule is CNCCOCCOCc1nc2c(s1)c1cnn(Cc3cccc(OC)c3)c(=O)c1n2C. The van der Waals surface area contributed by atoms with Gasteiger partial charge in [-0.25, -0.2) is 9.67 Å². The molecule has 4 aromatic rings. The molecule has 10 heteroatoms. The number of fused-ring (bicyclic) bond motifs is 3. The van der Waals surface area contributed by atoms with Crippen molar-refractivity contribution < 1.29 is 14.2 Å². The van der Waals surface area contributed by atoms with Gasteiger partial charge in [0.1, 0.15) is 16.3 Å². The molecule has 0 radical (unpaired) electrons. The molecule has 3 aromatic heterocycles. The largest absolute Gasteiger partial charge is 0.497 e. The van der Waals surface area contributed by atoms with Crippen molar-refractivity contribution in [3.8, 4) is 5.75 Å². The predicted octanol–water partition coefficient (Wildman–Crippen LogP) is 2.15. The van der Waals surface area contributed by atoms with Crippen LogP contribution < -0.4 is 15.6 Å². The number of hydrogen-bond acceptors (Lipinski definition) is 8. The van der Waals surface area contributed by atoms with E-state index in [2.05, 4.69) is 15.4 Å². The molecule has 4 rings (SSSR count). The third-order valence-electron chi connectivity index (χ3n) is 5.13. The van der Waals surface area contributed by atoms with Crippen LogP contribution in [0.3, 0.4) is 0 Å². The van der Waals surface area contributed by atoms with Gasteiger partial charge in [0.25, 0.3) is 5.56 Å². The van der Waals surface area contributed by atoms with E-state index in [1.807, 2.05) is 42.9 Å². The zero-order valence-corrected chi connectivity index (χ0v) is 19.3. The van der Waals surface area contributed by atoms with Gasteiger partial charge in [0, 0.05) is 19.0 Å². The molecule has 170 valence electrons. The first-order valence-electron chi connectivity index (χ1n) is 10.4. The number of hydrogen-bond donors (Lipinski definition) is 1. The van der Waals surface area contributed by atoms with Gasteiger partial charge in [-0.15, -0.1) is 11.3 Å². The third-order valence-corrected chi connectivity index (χ3v) is 6.18. The van der Waals surface area contributed by atoms with Crippen LogP contribution in [0.25, 0.3) is 21.3 Å². The highest BCUT2D eigenvalue weighted by molar-refractivity contribution is 7.19. The second kappa shape index (κ2) is 10.2. The first-order valence-corrected chi connectivity index (χ1v) is 11.2. The predicted molar refractivity (Wildman–Crippen MR) is 125 cm³/mol. The average molecular weight is 458 g/mol. The molecule has 32 heavy (non-hydrogen) atoms. The second-order valence-electron chi connectivity index (χ2n) is 7.31. The molecule has 1 N–H and O–H groups in total. The molecule has 0 aliphatic carbocycles. The molecule has 0 amide bonds. The molecule has 3 heterocycles. The maximum absolute atomic E-state index is 13.2. The van der Waals surface area contributed by atoms with Gasteiger partial charge in [-0.2, -0.15) is 5.10 Å². The molecule has 0 unspecified atom stereocenters. The van der Waals surface area contributed by atoms with E-state index in [9.17, 15) is 4.79 Å². The van der Waals surface area contributed by atoms with Crippen molar-refractivity contribution in [3.05, 3.63) is 51.4 Å². The number of aromatic nitrogens is 4. The lowest BCUT2D eigenvalue weighted by molar-refractivity contribution is 0.0420. The van der Waals surface area contributed by atoms with Crippen LogP contribution in [0.4, 0.5) is 0 Å². The van der Waals surface area contributed by atoms with E-state index in [1.54, 1.807) is 13.3 Å². The molecule has 1 aromatic carbocycles. The van der Waals surface area contributed by atoms with E-state index in [1.165, 1.54) is 16.0 Å². The van der Waals surface area contributed by atoms with Gasteiger partial charge in [-0.05, 0) is 24.7 Å². The molecule has 9 nitrogen and oxygen atoms in total. The van der Waals surface area contributed by atoms with Crippen LogP contribution in [-0.4, -0.2) is 59.9 Å². The fraction of sp³-hybridized carbons (Fsp3) is 0.409. The quantitative estimate of drug-likeness (QED) is 0.345. The van der Waals surface area contributed by atoms with Crippen molar-refractivity contribution in [2.75, 3.05) is 40.5 Å². The van der Waals surface area contributed by atoms with E-state index >= 15 is 0 Å². The molecule has 0 fully saturated rings. The van der Waals surface area contributed by atoms with E-state index in [0.717, 1.165) is 38.6 Å². The summed E-state index contributed by atoms with van der Waals surface area (Å²) in [4.78, 5) is 17.8. The Morgan fingerprint density at radius 2 is 2.03 bits per heavy atom. The molecule has 0 spiro atoms. The van der Waals surface area contributed by atoms with Gasteiger partial charge in [-0.3, -0.25) is 4.79 Å². The lowest BCUT2D eigenvalue weighted by atomic mass is 10.2. The van der Waals surface area contributed by atoms with Gasteiger partial charge in [0.15, 0.2) is 5.65 Å². The summed E-state index contributed by atoms with van der Waals surface area (Å²) in [7, 11) is 5.38. The van der Waals surface area contributed by atoms with Crippen molar-refractivity contribution in [2.24, 2.45) is 7.05 Å². The lowest BCUT2D eigenvalue weighted by Gasteiger charge is -2.07. The van der Waals surface area contributed by atoms with Gasteiger partial charge < -0.3 is 24.1 Å². The number of thiazole rings is 1. The molecule has 0 saturated carbocycles. The lowest BCUT2D eigenvalue weighted by Crippen LogP contribution is -2.24.